The van der Waals surface area contributed by atoms with Crippen LogP contribution in [0.5, 0.6) is 0 Å². The molecule has 0 radical (unpaired) electrons. The van der Waals surface area contributed by atoms with Crippen molar-refractivity contribution in [1.82, 2.24) is 0 Å². The highest BCUT2D eigenvalue weighted by atomic mass is 16.6. The minimum atomic E-state index is -0.771. The van der Waals surface area contributed by atoms with Gasteiger partial charge in [-0.2, -0.15) is 0 Å². The Hall–Kier alpha value is -2.17. The Labute approximate surface area is 91.3 Å². The molecule has 1 aromatic carbocycles. The van der Waals surface area contributed by atoms with Crippen molar-refractivity contribution in [3.05, 3.63) is 30.3 Å². The van der Waals surface area contributed by atoms with E-state index >= 15 is 0 Å². The van der Waals surface area contributed by atoms with Gasteiger partial charge in [0.2, 0.25) is 12.0 Å². The van der Waals surface area contributed by atoms with E-state index in [0.29, 0.717) is 5.69 Å². The summed E-state index contributed by atoms with van der Waals surface area (Å²) in [5.74, 6) is -1.19. The van der Waals surface area contributed by atoms with Gasteiger partial charge in [0.15, 0.2) is 0 Å². The summed E-state index contributed by atoms with van der Waals surface area (Å²) in [7, 11) is 0. The Balaban J connectivity index is 2.01. The predicted molar refractivity (Wildman–Crippen MR) is 55.8 cm³/mol. The molecule has 16 heavy (non-hydrogen) atoms. The topological polar surface area (TPSA) is 59.0 Å². The number of benzene rings is 1. The molecule has 0 spiro atoms. The second kappa shape index (κ2) is 3.16. The van der Waals surface area contributed by atoms with Crippen LogP contribution in [0.25, 0.3) is 0 Å². The summed E-state index contributed by atoms with van der Waals surface area (Å²) in [6, 6.07) is 8.81. The highest BCUT2D eigenvalue weighted by Gasteiger charge is 2.52. The lowest BCUT2D eigenvalue weighted by Gasteiger charge is -2.13. The predicted octanol–water partition coefficient (Wildman–Crippen LogP) is 0.561. The zero-order chi connectivity index (χ0) is 11.1. The van der Waals surface area contributed by atoms with Crippen molar-refractivity contribution < 1.29 is 14.4 Å². The van der Waals surface area contributed by atoms with Crippen LogP contribution in [0, 0.1) is 5.92 Å². The van der Waals surface area contributed by atoms with Gasteiger partial charge in [-0.25, -0.2) is 4.90 Å². The molecule has 0 saturated carbocycles. The first kappa shape index (κ1) is 9.08. The van der Waals surface area contributed by atoms with E-state index in [9.17, 15) is 9.59 Å². The first-order valence-corrected chi connectivity index (χ1v) is 4.91. The van der Waals surface area contributed by atoms with Gasteiger partial charge in [-0.1, -0.05) is 23.4 Å². The maximum absolute atomic E-state index is 11.9. The van der Waals surface area contributed by atoms with Crippen molar-refractivity contribution in [3.63, 3.8) is 0 Å². The number of nitrogens with zero attached hydrogens (tertiary/aromatic N) is 2. The SMILES string of the molecule is O=C1C2C=NOC2C(=O)N1c1ccccc1. The van der Waals surface area contributed by atoms with Gasteiger partial charge >= 0.3 is 0 Å². The number of hydrogen-bond donors (Lipinski definition) is 0. The van der Waals surface area contributed by atoms with Crippen LogP contribution >= 0.6 is 0 Å². The summed E-state index contributed by atoms with van der Waals surface area (Å²) >= 11 is 0. The zero-order valence-electron chi connectivity index (χ0n) is 8.24. The van der Waals surface area contributed by atoms with E-state index in [1.54, 1.807) is 24.3 Å². The molecule has 5 nitrogen and oxygen atoms in total. The van der Waals surface area contributed by atoms with E-state index in [4.69, 9.17) is 4.84 Å². The molecule has 2 amide bonds. The number of rotatable bonds is 1. The maximum atomic E-state index is 11.9. The van der Waals surface area contributed by atoms with Gasteiger partial charge in [0, 0.05) is 0 Å². The van der Waals surface area contributed by atoms with E-state index < -0.39 is 12.0 Å². The van der Waals surface area contributed by atoms with Gasteiger partial charge in [-0.15, -0.1) is 0 Å². The lowest BCUT2D eigenvalue weighted by Crippen LogP contribution is -2.32. The van der Waals surface area contributed by atoms with Crippen molar-refractivity contribution in [2.45, 2.75) is 6.10 Å². The van der Waals surface area contributed by atoms with E-state index in [-0.39, 0.29) is 11.8 Å². The van der Waals surface area contributed by atoms with E-state index in [0.717, 1.165) is 4.90 Å². The fourth-order valence-corrected chi connectivity index (χ4v) is 1.92. The third kappa shape index (κ3) is 1.08. The van der Waals surface area contributed by atoms with Crippen LogP contribution in [0.4, 0.5) is 5.69 Å². The molecular weight excluding hydrogens is 208 g/mol. The van der Waals surface area contributed by atoms with Gasteiger partial charge in [-0.05, 0) is 12.1 Å². The zero-order valence-corrected chi connectivity index (χ0v) is 8.24. The van der Waals surface area contributed by atoms with Gasteiger partial charge in [0.1, 0.15) is 5.92 Å². The summed E-state index contributed by atoms with van der Waals surface area (Å²) in [4.78, 5) is 29.9. The van der Waals surface area contributed by atoms with Crippen molar-refractivity contribution in [2.75, 3.05) is 4.90 Å². The highest BCUT2D eigenvalue weighted by Crippen LogP contribution is 2.30. The van der Waals surface area contributed by atoms with Crippen LogP contribution in [-0.4, -0.2) is 24.1 Å². The number of para-hydroxylation sites is 1. The minimum Gasteiger partial charge on any atom is -0.381 e. The molecule has 2 heterocycles. The summed E-state index contributed by atoms with van der Waals surface area (Å²) in [6.45, 7) is 0. The molecule has 1 fully saturated rings. The van der Waals surface area contributed by atoms with E-state index in [2.05, 4.69) is 5.16 Å². The number of imide groups is 1. The van der Waals surface area contributed by atoms with Crippen LogP contribution < -0.4 is 4.90 Å². The first-order valence-electron chi connectivity index (χ1n) is 4.91. The van der Waals surface area contributed by atoms with Crippen molar-refractivity contribution in [3.8, 4) is 0 Å². The molecule has 5 heteroatoms. The quantitative estimate of drug-likeness (QED) is 0.644. The van der Waals surface area contributed by atoms with Crippen LogP contribution in [0.15, 0.2) is 35.5 Å². The Morgan fingerprint density at radius 1 is 1.12 bits per heavy atom. The van der Waals surface area contributed by atoms with Gasteiger partial charge in [0.05, 0.1) is 11.9 Å². The Morgan fingerprint density at radius 2 is 1.88 bits per heavy atom. The fraction of sp³-hybridized carbons (Fsp3) is 0.182. The van der Waals surface area contributed by atoms with E-state index in [1.807, 2.05) is 6.07 Å². The molecule has 0 aliphatic carbocycles. The van der Waals surface area contributed by atoms with Crippen LogP contribution in [0.1, 0.15) is 0 Å². The number of hydrogen-bond acceptors (Lipinski definition) is 4. The first-order chi connectivity index (χ1) is 7.79. The number of carbonyl (C=O) groups is 2. The Bertz CT molecular complexity index is 483. The lowest BCUT2D eigenvalue weighted by atomic mass is 10.1. The molecule has 2 unspecified atom stereocenters. The molecule has 2 aliphatic rings. The normalized spacial score (nSPS) is 27.1. The lowest BCUT2D eigenvalue weighted by molar-refractivity contribution is -0.126. The van der Waals surface area contributed by atoms with Crippen LogP contribution in [0.2, 0.25) is 0 Å². The summed E-state index contributed by atoms with van der Waals surface area (Å²) in [5.41, 5.74) is 0.573. The third-order valence-corrected chi connectivity index (χ3v) is 2.71. The summed E-state index contributed by atoms with van der Waals surface area (Å²) in [5, 5.41) is 3.50. The summed E-state index contributed by atoms with van der Waals surface area (Å²) < 4.78 is 0. The van der Waals surface area contributed by atoms with Crippen LogP contribution in [-0.2, 0) is 14.4 Å². The molecule has 0 bridgehead atoms. The van der Waals surface area contributed by atoms with Gasteiger partial charge in [-0.3, -0.25) is 9.59 Å². The molecule has 0 aromatic heterocycles. The number of fused-ring (bicyclic) bond motifs is 1. The monoisotopic (exact) mass is 216 g/mol. The molecule has 2 atom stereocenters. The summed E-state index contributed by atoms with van der Waals surface area (Å²) in [6.07, 6.45) is 0.612. The average molecular weight is 216 g/mol. The largest absolute Gasteiger partial charge is 0.381 e. The fourth-order valence-electron chi connectivity index (χ4n) is 1.92. The molecule has 0 N–H and O–H groups in total. The molecule has 2 aliphatic heterocycles. The highest BCUT2D eigenvalue weighted by molar-refractivity contribution is 6.27. The smallest absolute Gasteiger partial charge is 0.278 e. The molecule has 3 rings (SSSR count). The second-order valence-corrected chi connectivity index (χ2v) is 3.65. The Kier molecular flexibility index (Phi) is 1.80. The average Bonchev–Trinajstić information content (AvgIpc) is 2.86. The minimum absolute atomic E-state index is 0.276. The number of anilines is 1. The van der Waals surface area contributed by atoms with E-state index in [1.165, 1.54) is 6.21 Å². The number of oxime groups is 1. The van der Waals surface area contributed by atoms with Crippen molar-refractivity contribution >= 4 is 23.7 Å². The van der Waals surface area contributed by atoms with Crippen molar-refractivity contribution in [1.29, 1.82) is 0 Å². The standard InChI is InChI=1S/C11H8N2O3/c14-10-8-6-12-16-9(8)11(15)13(10)7-4-2-1-3-5-7/h1-6,8-9H. The van der Waals surface area contributed by atoms with Crippen molar-refractivity contribution in [2.24, 2.45) is 11.1 Å². The number of carbonyl (C=O) groups excluding carboxylic acids is 2. The third-order valence-electron chi connectivity index (χ3n) is 2.71. The Morgan fingerprint density at radius 3 is 2.56 bits per heavy atom. The van der Waals surface area contributed by atoms with Gasteiger partial charge < -0.3 is 4.84 Å². The van der Waals surface area contributed by atoms with Gasteiger partial charge in [0.25, 0.3) is 5.91 Å². The molecule has 1 saturated heterocycles. The second-order valence-electron chi connectivity index (χ2n) is 3.65. The molecule has 1 aromatic rings. The molecular formula is C11H8N2O3. The number of amides is 2. The maximum Gasteiger partial charge on any atom is 0.278 e. The van der Waals surface area contributed by atoms with Crippen LogP contribution in [0.3, 0.4) is 0 Å². The molecule has 80 valence electrons.